The number of halogens is 1. The van der Waals surface area contributed by atoms with E-state index in [0.29, 0.717) is 22.5 Å². The van der Waals surface area contributed by atoms with Crippen LogP contribution in [0.25, 0.3) is 11.0 Å². The van der Waals surface area contributed by atoms with Crippen molar-refractivity contribution in [3.8, 4) is 5.75 Å². The summed E-state index contributed by atoms with van der Waals surface area (Å²) in [6, 6.07) is 11.1. The number of ether oxygens (including phenoxy) is 1. The van der Waals surface area contributed by atoms with Crippen LogP contribution in [-0.2, 0) is 17.9 Å². The molecule has 2 aromatic carbocycles. The van der Waals surface area contributed by atoms with Gasteiger partial charge in [-0.15, -0.1) is 0 Å². The molecule has 2 aromatic heterocycles. The normalized spacial score (nSPS) is 12.4. The number of amides is 3. The van der Waals surface area contributed by atoms with E-state index in [1.165, 1.54) is 24.7 Å². The summed E-state index contributed by atoms with van der Waals surface area (Å²) < 4.78 is 18.7. The lowest BCUT2D eigenvalue weighted by Crippen LogP contribution is -2.26. The predicted octanol–water partition coefficient (Wildman–Crippen LogP) is 2.29. The van der Waals surface area contributed by atoms with Gasteiger partial charge >= 0.3 is 0 Å². The predicted molar refractivity (Wildman–Crippen MR) is 123 cm³/mol. The van der Waals surface area contributed by atoms with Gasteiger partial charge in [-0.3, -0.25) is 14.4 Å². The number of nitrogens with zero attached hydrogens (tertiary/aromatic N) is 2. The highest BCUT2D eigenvalue weighted by Gasteiger charge is 2.20. The summed E-state index contributed by atoms with van der Waals surface area (Å²) in [4.78, 5) is 48.2. The second-order valence-corrected chi connectivity index (χ2v) is 7.81. The van der Waals surface area contributed by atoms with Crippen molar-refractivity contribution in [1.82, 2.24) is 25.6 Å². The van der Waals surface area contributed by atoms with Gasteiger partial charge in [0.2, 0.25) is 0 Å². The summed E-state index contributed by atoms with van der Waals surface area (Å²) in [6.45, 7) is 0.275. The number of carbonyl (C=O) groups is 3. The molecule has 1 aliphatic heterocycles. The monoisotopic (exact) mass is 474 g/mol. The van der Waals surface area contributed by atoms with Crippen LogP contribution in [0.5, 0.6) is 5.75 Å². The highest BCUT2D eigenvalue weighted by Crippen LogP contribution is 2.28. The first-order valence-electron chi connectivity index (χ1n) is 10.7. The van der Waals surface area contributed by atoms with Crippen molar-refractivity contribution in [2.45, 2.75) is 13.1 Å². The van der Waals surface area contributed by atoms with Gasteiger partial charge in [0.25, 0.3) is 17.7 Å². The fourth-order valence-electron chi connectivity index (χ4n) is 3.72. The highest BCUT2D eigenvalue weighted by atomic mass is 19.1. The van der Waals surface area contributed by atoms with Crippen LogP contribution in [0, 0.1) is 5.82 Å². The number of anilines is 1. The number of hydrogen-bond donors (Lipinski definition) is 4. The van der Waals surface area contributed by atoms with E-state index >= 15 is 0 Å². The fourth-order valence-corrected chi connectivity index (χ4v) is 3.72. The van der Waals surface area contributed by atoms with E-state index in [-0.39, 0.29) is 48.2 Å². The molecule has 11 heteroatoms. The first kappa shape index (κ1) is 22.0. The van der Waals surface area contributed by atoms with Crippen molar-refractivity contribution in [1.29, 1.82) is 0 Å². The number of H-pyrrole nitrogens is 1. The van der Waals surface area contributed by atoms with E-state index in [2.05, 4.69) is 30.9 Å². The van der Waals surface area contributed by atoms with Gasteiger partial charge in [-0.1, -0.05) is 18.2 Å². The number of hydrogen-bond acceptors (Lipinski definition) is 6. The van der Waals surface area contributed by atoms with E-state index in [4.69, 9.17) is 4.74 Å². The third-order valence-electron chi connectivity index (χ3n) is 5.39. The van der Waals surface area contributed by atoms with Gasteiger partial charge in [-0.25, -0.2) is 14.4 Å². The Hall–Kier alpha value is -4.80. The molecular formula is C24H19FN6O4. The van der Waals surface area contributed by atoms with Crippen LogP contribution in [0.15, 0.2) is 55.0 Å². The van der Waals surface area contributed by atoms with E-state index in [9.17, 15) is 18.8 Å². The van der Waals surface area contributed by atoms with Crippen molar-refractivity contribution in [2.24, 2.45) is 0 Å². The Morgan fingerprint density at radius 2 is 1.83 bits per heavy atom. The molecule has 0 fully saturated rings. The van der Waals surface area contributed by atoms with Gasteiger partial charge in [0.1, 0.15) is 23.4 Å². The number of nitrogens with one attached hydrogen (secondary N) is 4. The zero-order valence-corrected chi connectivity index (χ0v) is 18.2. The Labute approximate surface area is 197 Å². The molecule has 0 saturated carbocycles. The third kappa shape index (κ3) is 4.64. The van der Waals surface area contributed by atoms with E-state index in [1.54, 1.807) is 30.3 Å². The average Bonchev–Trinajstić information content (AvgIpc) is 3.30. The number of aromatic amines is 1. The molecule has 4 aromatic rings. The summed E-state index contributed by atoms with van der Waals surface area (Å²) in [5, 5.41) is 8.22. The maximum Gasteiger partial charge on any atom is 0.272 e. The molecular weight excluding hydrogens is 455 g/mol. The fraction of sp³-hybridized carbons (Fsp3) is 0.125. The molecule has 10 nitrogen and oxygen atoms in total. The summed E-state index contributed by atoms with van der Waals surface area (Å²) in [7, 11) is 0. The zero-order chi connectivity index (χ0) is 24.4. The number of aromatic nitrogens is 3. The first-order valence-corrected chi connectivity index (χ1v) is 10.7. The molecule has 176 valence electrons. The van der Waals surface area contributed by atoms with Crippen molar-refractivity contribution < 1.29 is 23.5 Å². The minimum atomic E-state index is -0.469. The van der Waals surface area contributed by atoms with E-state index in [0.717, 1.165) is 5.56 Å². The Bertz CT molecular complexity index is 1470. The molecule has 1 aliphatic rings. The van der Waals surface area contributed by atoms with Crippen LogP contribution >= 0.6 is 0 Å². The van der Waals surface area contributed by atoms with Crippen LogP contribution in [-0.4, -0.2) is 39.3 Å². The molecule has 4 N–H and O–H groups in total. The lowest BCUT2D eigenvalue weighted by Gasteiger charge is -2.18. The lowest BCUT2D eigenvalue weighted by molar-refractivity contribution is -0.118. The molecule has 3 heterocycles. The summed E-state index contributed by atoms with van der Waals surface area (Å²) >= 11 is 0. The molecule has 0 radical (unpaired) electrons. The van der Waals surface area contributed by atoms with Gasteiger partial charge in [-0.05, 0) is 35.4 Å². The standard InChI is InChI=1S/C24H19FN6O4/c25-15-3-1-2-13(6-15)8-27-23(33)16-10-26-21-20(16)29-12-30-22(21)24(34)28-9-14-4-5-18-17(7-14)31-19(32)11-35-18/h1-7,10,12,26H,8-9,11H2,(H,27,33)(H,28,34)(H,31,32). The van der Waals surface area contributed by atoms with Crippen LogP contribution in [0.3, 0.4) is 0 Å². The average molecular weight is 474 g/mol. The Morgan fingerprint density at radius 1 is 1.03 bits per heavy atom. The minimum Gasteiger partial charge on any atom is -0.482 e. The van der Waals surface area contributed by atoms with Crippen molar-refractivity contribution in [2.75, 3.05) is 11.9 Å². The van der Waals surface area contributed by atoms with Crippen molar-refractivity contribution >= 4 is 34.4 Å². The van der Waals surface area contributed by atoms with Gasteiger partial charge in [-0.2, -0.15) is 0 Å². The SMILES string of the molecule is O=C1COc2ccc(CNC(=O)c3ncnc4c(C(=O)NCc5cccc(F)c5)c[nH]c34)cc2N1. The second-order valence-electron chi connectivity index (χ2n) is 7.81. The third-order valence-corrected chi connectivity index (χ3v) is 5.39. The number of carbonyl (C=O) groups excluding carboxylic acids is 3. The Morgan fingerprint density at radius 3 is 2.66 bits per heavy atom. The largest absolute Gasteiger partial charge is 0.482 e. The first-order chi connectivity index (χ1) is 17.0. The molecule has 35 heavy (non-hydrogen) atoms. The molecule has 0 bridgehead atoms. The highest BCUT2D eigenvalue weighted by molar-refractivity contribution is 6.10. The van der Waals surface area contributed by atoms with Gasteiger partial charge in [0, 0.05) is 19.3 Å². The summed E-state index contributed by atoms with van der Waals surface area (Å²) in [5.74, 6) is -0.968. The topological polar surface area (TPSA) is 138 Å². The number of fused-ring (bicyclic) bond motifs is 2. The number of rotatable bonds is 6. The molecule has 0 saturated heterocycles. The van der Waals surface area contributed by atoms with E-state index < -0.39 is 11.8 Å². The minimum absolute atomic E-state index is 0.0340. The van der Waals surface area contributed by atoms with Gasteiger partial charge in [0.05, 0.1) is 16.8 Å². The molecule has 0 spiro atoms. The van der Waals surface area contributed by atoms with E-state index in [1.807, 2.05) is 0 Å². The second kappa shape index (κ2) is 9.21. The maximum atomic E-state index is 13.4. The van der Waals surface area contributed by atoms with Crippen LogP contribution in [0.4, 0.5) is 10.1 Å². The molecule has 3 amide bonds. The van der Waals surface area contributed by atoms with Crippen molar-refractivity contribution in [3.05, 3.63) is 83.2 Å². The number of benzene rings is 2. The lowest BCUT2D eigenvalue weighted by atomic mass is 10.1. The zero-order valence-electron chi connectivity index (χ0n) is 18.2. The van der Waals surface area contributed by atoms with Crippen LogP contribution in [0.1, 0.15) is 32.0 Å². The Kier molecular flexibility index (Phi) is 5.80. The van der Waals surface area contributed by atoms with Gasteiger partial charge < -0.3 is 25.7 Å². The molecule has 5 rings (SSSR count). The maximum absolute atomic E-state index is 13.4. The smallest absolute Gasteiger partial charge is 0.272 e. The van der Waals surface area contributed by atoms with Crippen LogP contribution in [0.2, 0.25) is 0 Å². The van der Waals surface area contributed by atoms with Crippen molar-refractivity contribution in [3.63, 3.8) is 0 Å². The van der Waals surface area contributed by atoms with Gasteiger partial charge in [0.15, 0.2) is 12.3 Å². The molecule has 0 atom stereocenters. The summed E-state index contributed by atoms with van der Waals surface area (Å²) in [5.41, 5.74) is 2.81. The van der Waals surface area contributed by atoms with Crippen LogP contribution < -0.4 is 20.7 Å². The quantitative estimate of drug-likeness (QED) is 0.338. The Balaban J connectivity index is 1.28. The summed E-state index contributed by atoms with van der Waals surface area (Å²) in [6.07, 6.45) is 2.66. The molecule has 0 aliphatic carbocycles. The molecule has 0 unspecified atom stereocenters.